The van der Waals surface area contributed by atoms with Crippen LogP contribution in [0, 0.1) is 0 Å². The lowest BCUT2D eigenvalue weighted by Crippen LogP contribution is -2.37. The lowest BCUT2D eigenvalue weighted by atomic mass is 9.86. The highest BCUT2D eigenvalue weighted by atomic mass is 32.1. The van der Waals surface area contributed by atoms with Crippen molar-refractivity contribution >= 4 is 28.4 Å². The van der Waals surface area contributed by atoms with E-state index in [0.29, 0.717) is 41.1 Å². The molecule has 13 heteroatoms. The first kappa shape index (κ1) is 30.4. The molecule has 1 aromatic heterocycles. The number of likely N-dealkylation sites (tertiary alicyclic amines) is 1. The minimum Gasteiger partial charge on any atom is -0.504 e. The Labute approximate surface area is 258 Å². The highest BCUT2D eigenvalue weighted by Gasteiger charge is 2.34. The molecule has 44 heavy (non-hydrogen) atoms. The molecular weight excluding hydrogens is 586 g/mol. The molecule has 0 amide bonds. The van der Waals surface area contributed by atoms with E-state index in [-0.39, 0.29) is 29.3 Å². The number of phenols is 3. The van der Waals surface area contributed by atoms with Crippen LogP contribution in [0.15, 0.2) is 70.2 Å². The number of phenolic OH excluding ortho intramolecular Hbond substituents is 3. The summed E-state index contributed by atoms with van der Waals surface area (Å²) >= 11 is 1.31. The molecule has 230 valence electrons. The van der Waals surface area contributed by atoms with Gasteiger partial charge in [0, 0.05) is 24.9 Å². The zero-order valence-corrected chi connectivity index (χ0v) is 25.4. The number of thiazole rings is 1. The molecule has 0 bridgehead atoms. The Hall–Kier alpha value is -5.01. The first-order chi connectivity index (χ1) is 21.3. The molecule has 5 rings (SSSR count). The lowest BCUT2D eigenvalue weighted by Gasteiger charge is -2.40. The van der Waals surface area contributed by atoms with E-state index in [0.717, 1.165) is 22.4 Å². The molecular formula is C31H33N5O7S. The van der Waals surface area contributed by atoms with Gasteiger partial charge in [0.1, 0.15) is 0 Å². The summed E-state index contributed by atoms with van der Waals surface area (Å²) in [7, 11) is 6.54. The van der Waals surface area contributed by atoms with Crippen molar-refractivity contribution < 1.29 is 34.4 Å². The van der Waals surface area contributed by atoms with Gasteiger partial charge in [-0.2, -0.15) is 10.1 Å². The number of aromatic nitrogens is 1. The summed E-state index contributed by atoms with van der Waals surface area (Å²) < 4.78 is 15.9. The number of methoxy groups -OCH3 is 3. The number of anilines is 1. The number of hydrogen-bond acceptors (Lipinski definition) is 13. The molecule has 2 heterocycles. The van der Waals surface area contributed by atoms with Gasteiger partial charge in [-0.25, -0.2) is 0 Å². The van der Waals surface area contributed by atoms with Gasteiger partial charge in [0.25, 0.3) is 5.88 Å². The van der Waals surface area contributed by atoms with E-state index in [1.165, 1.54) is 38.7 Å². The average Bonchev–Trinajstić information content (AvgIpc) is 3.49. The summed E-state index contributed by atoms with van der Waals surface area (Å²) in [6.07, 6.45) is 2.71. The second-order valence-electron chi connectivity index (χ2n) is 10.0. The lowest BCUT2D eigenvalue weighted by molar-refractivity contribution is 0.159. The summed E-state index contributed by atoms with van der Waals surface area (Å²) in [5, 5.41) is 41.0. The van der Waals surface area contributed by atoms with Crippen molar-refractivity contribution in [3.05, 3.63) is 76.7 Å². The molecule has 1 aliphatic heterocycles. The smallest absolute Gasteiger partial charge is 0.261 e. The molecule has 0 saturated carbocycles. The van der Waals surface area contributed by atoms with E-state index >= 15 is 0 Å². The second kappa shape index (κ2) is 13.5. The molecule has 2 atom stereocenters. The Balaban J connectivity index is 1.35. The molecule has 1 saturated heterocycles. The first-order valence-electron chi connectivity index (χ1n) is 13.6. The summed E-state index contributed by atoms with van der Waals surface area (Å²) in [5.74, 6) is 1.61. The van der Waals surface area contributed by atoms with Crippen molar-refractivity contribution in [3.8, 4) is 40.4 Å². The van der Waals surface area contributed by atoms with Gasteiger partial charge in [-0.1, -0.05) is 28.6 Å². The number of oxime groups is 1. The minimum absolute atomic E-state index is 0.0498. The van der Waals surface area contributed by atoms with Gasteiger partial charge in [-0.05, 0) is 66.2 Å². The van der Waals surface area contributed by atoms with Crippen LogP contribution in [-0.4, -0.2) is 65.5 Å². The monoisotopic (exact) mass is 619 g/mol. The largest absolute Gasteiger partial charge is 0.504 e. The highest BCUT2D eigenvalue weighted by Crippen LogP contribution is 2.43. The Morgan fingerprint density at radius 2 is 1.39 bits per heavy atom. The van der Waals surface area contributed by atoms with Crippen molar-refractivity contribution in [2.24, 2.45) is 10.3 Å². The van der Waals surface area contributed by atoms with Gasteiger partial charge >= 0.3 is 0 Å². The molecule has 12 nitrogen and oxygen atoms in total. The van der Waals surface area contributed by atoms with Crippen LogP contribution in [0.4, 0.5) is 5.13 Å². The Morgan fingerprint density at radius 1 is 0.841 bits per heavy atom. The fourth-order valence-electron chi connectivity index (χ4n) is 5.02. The maximum absolute atomic E-state index is 10.2. The van der Waals surface area contributed by atoms with Crippen LogP contribution < -0.4 is 24.5 Å². The molecule has 4 aromatic rings. The topological polar surface area (TPSA) is 150 Å². The van der Waals surface area contributed by atoms with E-state index in [2.05, 4.69) is 25.6 Å². The van der Waals surface area contributed by atoms with E-state index in [1.54, 1.807) is 35.9 Å². The van der Waals surface area contributed by atoms with Crippen molar-refractivity contribution in [2.45, 2.75) is 24.9 Å². The molecule has 0 radical (unpaired) electrons. The summed E-state index contributed by atoms with van der Waals surface area (Å²) in [5.41, 5.74) is 6.29. The van der Waals surface area contributed by atoms with Crippen LogP contribution in [0.1, 0.15) is 41.6 Å². The third-order valence-electron chi connectivity index (χ3n) is 7.35. The maximum Gasteiger partial charge on any atom is 0.261 e. The number of nitrogens with zero attached hydrogens (tertiary/aromatic N) is 4. The number of aromatic hydroxyl groups is 3. The van der Waals surface area contributed by atoms with Crippen LogP contribution >= 0.6 is 11.3 Å². The van der Waals surface area contributed by atoms with Crippen molar-refractivity contribution in [2.75, 3.05) is 33.8 Å². The fourth-order valence-corrected chi connectivity index (χ4v) is 5.57. The van der Waals surface area contributed by atoms with Crippen LogP contribution in [0.5, 0.6) is 40.4 Å². The predicted octanol–water partition coefficient (Wildman–Crippen LogP) is 5.67. The molecule has 4 N–H and O–H groups in total. The third-order valence-corrected chi connectivity index (χ3v) is 8.07. The molecule has 0 spiro atoms. The molecule has 3 aromatic carbocycles. The number of hydrazone groups is 1. The number of rotatable bonds is 10. The van der Waals surface area contributed by atoms with Crippen LogP contribution in [0.2, 0.25) is 0 Å². The van der Waals surface area contributed by atoms with Crippen molar-refractivity contribution in [1.82, 2.24) is 9.88 Å². The average molecular weight is 620 g/mol. The predicted molar refractivity (Wildman–Crippen MR) is 168 cm³/mol. The summed E-state index contributed by atoms with van der Waals surface area (Å²) in [4.78, 5) is 12.4. The van der Waals surface area contributed by atoms with Gasteiger partial charge in [0.2, 0.25) is 5.13 Å². The summed E-state index contributed by atoms with van der Waals surface area (Å²) in [6, 6.07) is 15.3. The van der Waals surface area contributed by atoms with Crippen LogP contribution in [-0.2, 0) is 0 Å². The quantitative estimate of drug-likeness (QED) is 0.129. The number of benzene rings is 3. The van der Waals surface area contributed by atoms with E-state index in [4.69, 9.17) is 19.0 Å². The first-order valence-corrected chi connectivity index (χ1v) is 14.5. The minimum atomic E-state index is -0.120. The van der Waals surface area contributed by atoms with Gasteiger partial charge in [-0.15, -0.1) is 0 Å². The van der Waals surface area contributed by atoms with Gasteiger partial charge in [0.05, 0.1) is 38.6 Å². The van der Waals surface area contributed by atoms with Crippen LogP contribution in [0.25, 0.3) is 0 Å². The fraction of sp³-hybridized carbons (Fsp3) is 0.258. The van der Waals surface area contributed by atoms with E-state index < -0.39 is 0 Å². The molecule has 0 aliphatic carbocycles. The molecule has 2 unspecified atom stereocenters. The van der Waals surface area contributed by atoms with Gasteiger partial charge in [0.15, 0.2) is 34.5 Å². The normalized spacial score (nSPS) is 17.0. The second-order valence-corrected chi connectivity index (χ2v) is 10.9. The number of piperidine rings is 1. The van der Waals surface area contributed by atoms with Crippen molar-refractivity contribution in [3.63, 3.8) is 0 Å². The number of nitrogens with one attached hydrogen (secondary N) is 1. The molecule has 1 fully saturated rings. The van der Waals surface area contributed by atoms with E-state index in [9.17, 15) is 15.3 Å². The Morgan fingerprint density at radius 3 is 1.95 bits per heavy atom. The highest BCUT2D eigenvalue weighted by molar-refractivity contribution is 7.13. The zero-order valence-electron chi connectivity index (χ0n) is 24.6. The summed E-state index contributed by atoms with van der Waals surface area (Å²) in [6.45, 7) is 0. The number of ether oxygens (including phenoxy) is 3. The molecule has 1 aliphatic rings. The number of hydrogen-bond donors (Lipinski definition) is 4. The standard InChI is InChI=1S/C31H33N5O7S/c1-36-22(19-6-9-25(38)28(12-19)41-3)14-21(15-23(36)20-7-10-26(39)29(13-20)42-4)35-43-30-17-44-31(33-30)34-32-16-18-5-8-24(37)27(11-18)40-2/h5-13,16-17,22-23,37-39H,14-15H2,1-4H3,(H,33,34). The SMILES string of the molecule is COc1cc(C=NNc2nc(ON=C3CC(c4ccc(O)c(OC)c4)N(C)C(c4ccc(O)c(OC)c4)C3)cs2)ccc1O. The van der Waals surface area contributed by atoms with Gasteiger partial charge < -0.3 is 34.4 Å². The van der Waals surface area contributed by atoms with Crippen LogP contribution in [0.3, 0.4) is 0 Å². The van der Waals surface area contributed by atoms with Crippen molar-refractivity contribution in [1.29, 1.82) is 0 Å². The Kier molecular flexibility index (Phi) is 9.36. The van der Waals surface area contributed by atoms with E-state index in [1.807, 2.05) is 31.3 Å². The maximum atomic E-state index is 10.2. The van der Waals surface area contributed by atoms with Gasteiger partial charge in [-0.3, -0.25) is 10.3 Å². The zero-order chi connectivity index (χ0) is 31.2. The Bertz CT molecular complexity index is 1610. The third kappa shape index (κ3) is 6.79.